The van der Waals surface area contributed by atoms with E-state index in [9.17, 15) is 0 Å². The third-order valence-corrected chi connectivity index (χ3v) is 3.15. The molecule has 0 bridgehead atoms. The molecule has 0 heterocycles. The predicted octanol–water partition coefficient (Wildman–Crippen LogP) is 5.71. The molecule has 0 aromatic heterocycles. The van der Waals surface area contributed by atoms with Crippen molar-refractivity contribution in [1.82, 2.24) is 0 Å². The van der Waals surface area contributed by atoms with Crippen LogP contribution in [0.3, 0.4) is 0 Å². The molecule has 0 radical (unpaired) electrons. The van der Waals surface area contributed by atoms with Crippen LogP contribution in [0, 0.1) is 6.92 Å². The zero-order valence-corrected chi connectivity index (χ0v) is 10.4. The molecule has 0 spiro atoms. The van der Waals surface area contributed by atoms with Crippen LogP contribution in [-0.2, 0) is 0 Å². The van der Waals surface area contributed by atoms with Gasteiger partial charge < -0.3 is 0 Å². The van der Waals surface area contributed by atoms with E-state index in [2.05, 4.69) is 31.2 Å². The number of aryl methyl sites for hydroxylation is 1. The summed E-state index contributed by atoms with van der Waals surface area (Å²) in [6.07, 6.45) is 7.12. The lowest BCUT2D eigenvalue weighted by Gasteiger charge is -2.21. The molecule has 92 valence electrons. The minimum atomic E-state index is 0. The molecule has 16 heavy (non-hydrogen) atoms. The average Bonchev–Trinajstić information content (AvgIpc) is 2.34. The van der Waals surface area contributed by atoms with Crippen molar-refractivity contribution >= 4 is 0 Å². The van der Waals surface area contributed by atoms with Gasteiger partial charge in [0.15, 0.2) is 0 Å². The van der Waals surface area contributed by atoms with Gasteiger partial charge >= 0.3 is 0 Å². The van der Waals surface area contributed by atoms with Crippen molar-refractivity contribution in [3.63, 3.8) is 0 Å². The summed E-state index contributed by atoms with van der Waals surface area (Å²) in [5.74, 6) is 0.856. The van der Waals surface area contributed by atoms with E-state index < -0.39 is 0 Å². The van der Waals surface area contributed by atoms with Crippen LogP contribution >= 0.6 is 0 Å². The number of hydrogen-bond acceptors (Lipinski definition) is 0. The first-order valence-corrected chi connectivity index (χ1v) is 6.43. The molecule has 1 fully saturated rings. The van der Waals surface area contributed by atoms with Crippen LogP contribution in [-0.4, -0.2) is 0 Å². The molecule has 0 unspecified atom stereocenters. The molecule has 1 aliphatic carbocycles. The van der Waals surface area contributed by atoms with Crippen LogP contribution in [0.15, 0.2) is 24.3 Å². The van der Waals surface area contributed by atoms with Gasteiger partial charge in [-0.3, -0.25) is 0 Å². The lowest BCUT2D eigenvalue weighted by molar-refractivity contribution is 0.443. The molecule has 1 saturated carbocycles. The molecule has 1 aliphatic rings. The summed E-state index contributed by atoms with van der Waals surface area (Å²) in [5, 5.41) is 0. The first-order valence-electron chi connectivity index (χ1n) is 6.43. The van der Waals surface area contributed by atoms with Crippen LogP contribution < -0.4 is 0 Å². The molecule has 0 N–H and O–H groups in total. The van der Waals surface area contributed by atoms with E-state index in [1.807, 2.05) is 13.8 Å². The fourth-order valence-electron chi connectivity index (χ4n) is 2.27. The SMILES string of the molecule is C.CC.Cc1ccc(C2CCCCC2)cc1. The van der Waals surface area contributed by atoms with Gasteiger partial charge in [-0.1, -0.05) is 70.4 Å². The molecule has 0 atom stereocenters. The third-order valence-electron chi connectivity index (χ3n) is 3.15. The molecule has 1 aromatic carbocycles. The summed E-state index contributed by atoms with van der Waals surface area (Å²) >= 11 is 0. The van der Waals surface area contributed by atoms with E-state index >= 15 is 0 Å². The maximum Gasteiger partial charge on any atom is -0.0162 e. The molecule has 2 rings (SSSR count). The van der Waals surface area contributed by atoms with E-state index in [4.69, 9.17) is 0 Å². The predicted molar refractivity (Wildman–Crippen MR) is 75.1 cm³/mol. The van der Waals surface area contributed by atoms with Crippen LogP contribution in [0.25, 0.3) is 0 Å². The summed E-state index contributed by atoms with van der Waals surface area (Å²) in [6, 6.07) is 9.10. The Labute approximate surface area is 102 Å². The highest BCUT2D eigenvalue weighted by Gasteiger charge is 2.14. The Kier molecular flexibility index (Phi) is 7.97. The second-order valence-corrected chi connectivity index (χ2v) is 4.25. The highest BCUT2D eigenvalue weighted by Crippen LogP contribution is 2.32. The van der Waals surface area contributed by atoms with Gasteiger partial charge in [0.05, 0.1) is 0 Å². The van der Waals surface area contributed by atoms with Gasteiger partial charge in [0.25, 0.3) is 0 Å². The van der Waals surface area contributed by atoms with Gasteiger partial charge in [-0.05, 0) is 31.2 Å². The Morgan fingerprint density at radius 2 is 1.38 bits per heavy atom. The van der Waals surface area contributed by atoms with Gasteiger partial charge in [-0.15, -0.1) is 0 Å². The average molecular weight is 220 g/mol. The maximum atomic E-state index is 2.31. The van der Waals surface area contributed by atoms with Crippen molar-refractivity contribution in [2.45, 2.75) is 66.2 Å². The fraction of sp³-hybridized carbons (Fsp3) is 0.625. The highest BCUT2D eigenvalue weighted by atomic mass is 14.2. The second-order valence-electron chi connectivity index (χ2n) is 4.25. The Morgan fingerprint density at radius 3 is 1.88 bits per heavy atom. The topological polar surface area (TPSA) is 0 Å². The van der Waals surface area contributed by atoms with E-state index in [0.717, 1.165) is 5.92 Å². The van der Waals surface area contributed by atoms with Gasteiger partial charge in [0.1, 0.15) is 0 Å². The zero-order chi connectivity index (χ0) is 11.1. The Hall–Kier alpha value is -0.780. The van der Waals surface area contributed by atoms with E-state index in [0.29, 0.717) is 0 Å². The van der Waals surface area contributed by atoms with Gasteiger partial charge in [0, 0.05) is 0 Å². The molecule has 1 aromatic rings. The number of rotatable bonds is 1. The fourth-order valence-corrected chi connectivity index (χ4v) is 2.27. The molecule has 0 heteroatoms. The second kappa shape index (κ2) is 8.38. The normalized spacial score (nSPS) is 15.7. The maximum absolute atomic E-state index is 2.31. The quantitative estimate of drug-likeness (QED) is 0.569. The number of benzene rings is 1. The minimum absolute atomic E-state index is 0. The number of hydrogen-bond donors (Lipinski definition) is 0. The van der Waals surface area contributed by atoms with Crippen LogP contribution in [0.5, 0.6) is 0 Å². The van der Waals surface area contributed by atoms with Gasteiger partial charge in [-0.25, -0.2) is 0 Å². The van der Waals surface area contributed by atoms with Crippen LogP contribution in [0.4, 0.5) is 0 Å². The van der Waals surface area contributed by atoms with Gasteiger partial charge in [0.2, 0.25) is 0 Å². The minimum Gasteiger partial charge on any atom is -0.0776 e. The van der Waals surface area contributed by atoms with Crippen molar-refractivity contribution in [2.24, 2.45) is 0 Å². The van der Waals surface area contributed by atoms with Crippen LogP contribution in [0.2, 0.25) is 0 Å². The van der Waals surface area contributed by atoms with Crippen molar-refractivity contribution in [3.05, 3.63) is 35.4 Å². The summed E-state index contributed by atoms with van der Waals surface area (Å²) in [7, 11) is 0. The Balaban J connectivity index is 0.000000711. The lowest BCUT2D eigenvalue weighted by Crippen LogP contribution is -2.04. The van der Waals surface area contributed by atoms with Crippen molar-refractivity contribution < 1.29 is 0 Å². The van der Waals surface area contributed by atoms with Crippen LogP contribution in [0.1, 0.15) is 70.4 Å². The van der Waals surface area contributed by atoms with E-state index in [1.165, 1.54) is 37.7 Å². The summed E-state index contributed by atoms with van der Waals surface area (Å²) in [5.41, 5.74) is 2.94. The molecule has 0 amide bonds. The standard InChI is InChI=1S/C13H18.C2H6.CH4/c1-11-7-9-13(10-8-11)12-5-3-2-4-6-12;1-2;/h7-10,12H,2-6H2,1H3;1-2H3;1H4. The molecule has 0 nitrogen and oxygen atoms in total. The summed E-state index contributed by atoms with van der Waals surface area (Å²) < 4.78 is 0. The first-order chi connectivity index (χ1) is 7.36. The van der Waals surface area contributed by atoms with Crippen molar-refractivity contribution in [3.8, 4) is 0 Å². The van der Waals surface area contributed by atoms with Crippen molar-refractivity contribution in [2.75, 3.05) is 0 Å². The smallest absolute Gasteiger partial charge is 0.0162 e. The zero-order valence-electron chi connectivity index (χ0n) is 10.4. The largest absolute Gasteiger partial charge is 0.0776 e. The molecular weight excluding hydrogens is 192 g/mol. The summed E-state index contributed by atoms with van der Waals surface area (Å²) in [4.78, 5) is 0. The van der Waals surface area contributed by atoms with E-state index in [-0.39, 0.29) is 7.43 Å². The summed E-state index contributed by atoms with van der Waals surface area (Å²) in [6.45, 7) is 6.16. The molecule has 0 aliphatic heterocycles. The lowest BCUT2D eigenvalue weighted by atomic mass is 9.84. The van der Waals surface area contributed by atoms with E-state index in [1.54, 1.807) is 5.56 Å². The first kappa shape index (κ1) is 15.2. The Bertz CT molecular complexity index is 252. The highest BCUT2D eigenvalue weighted by molar-refractivity contribution is 5.24. The molecule has 0 saturated heterocycles. The Morgan fingerprint density at radius 1 is 0.875 bits per heavy atom. The third kappa shape index (κ3) is 4.38. The van der Waals surface area contributed by atoms with Crippen molar-refractivity contribution in [1.29, 1.82) is 0 Å². The monoisotopic (exact) mass is 220 g/mol. The molecular formula is C16H28. The van der Waals surface area contributed by atoms with Gasteiger partial charge in [-0.2, -0.15) is 0 Å².